The fourth-order valence-electron chi connectivity index (χ4n) is 3.40. The van der Waals surface area contributed by atoms with Crippen molar-refractivity contribution in [3.05, 3.63) is 60.2 Å². The molecule has 0 saturated carbocycles. The van der Waals surface area contributed by atoms with E-state index in [0.29, 0.717) is 18.4 Å². The van der Waals surface area contributed by atoms with Crippen LogP contribution in [0.15, 0.2) is 48.9 Å². The Morgan fingerprint density at radius 1 is 1.16 bits per heavy atom. The number of rotatable bonds is 9. The molecule has 0 aliphatic rings. The van der Waals surface area contributed by atoms with E-state index in [1.165, 1.54) is 12.4 Å². The number of phenols is 1. The van der Waals surface area contributed by atoms with Crippen molar-refractivity contribution in [3.63, 3.8) is 0 Å². The summed E-state index contributed by atoms with van der Waals surface area (Å²) < 4.78 is 0. The number of carbonyl (C=O) groups excluding carboxylic acids is 3. The summed E-state index contributed by atoms with van der Waals surface area (Å²) in [6.07, 6.45) is 4.38. The summed E-state index contributed by atoms with van der Waals surface area (Å²) in [7, 11) is 0. The number of hydrogen-bond donors (Lipinski definition) is 4. The van der Waals surface area contributed by atoms with Crippen LogP contribution < -0.4 is 10.6 Å². The molecule has 1 heterocycles. The summed E-state index contributed by atoms with van der Waals surface area (Å²) in [5.74, 6) is -1.06. The second-order valence-electron chi connectivity index (χ2n) is 7.90. The van der Waals surface area contributed by atoms with Gasteiger partial charge >= 0.3 is 0 Å². The maximum absolute atomic E-state index is 12.9. The molecule has 2 atom stereocenters. The molecule has 31 heavy (non-hydrogen) atoms. The highest BCUT2D eigenvalue weighted by molar-refractivity contribution is 6.03. The molecule has 0 saturated heterocycles. The zero-order chi connectivity index (χ0) is 22.4. The van der Waals surface area contributed by atoms with E-state index in [1.54, 1.807) is 12.3 Å². The van der Waals surface area contributed by atoms with Crippen LogP contribution in [0.3, 0.4) is 0 Å². The number of H-pyrrole nitrogens is 1. The molecule has 8 heteroatoms. The van der Waals surface area contributed by atoms with Gasteiger partial charge in [0.25, 0.3) is 5.91 Å². The number of imidazole rings is 1. The van der Waals surface area contributed by atoms with Crippen LogP contribution in [0, 0.1) is 5.92 Å². The molecule has 0 bridgehead atoms. The predicted octanol–water partition coefficient (Wildman–Crippen LogP) is 2.34. The van der Waals surface area contributed by atoms with Gasteiger partial charge in [0.1, 0.15) is 18.1 Å². The molecule has 3 rings (SSSR count). The van der Waals surface area contributed by atoms with E-state index in [2.05, 4.69) is 20.6 Å². The van der Waals surface area contributed by atoms with Crippen molar-refractivity contribution < 1.29 is 19.5 Å². The SMILES string of the molecule is CC(C)C[C@H](NC(=O)c1cc2ccccc2cc1O)C(=O)N[C@H](C=O)Cc1cnc[nH]1. The van der Waals surface area contributed by atoms with Gasteiger partial charge < -0.3 is 25.5 Å². The molecule has 0 radical (unpaired) electrons. The number of amides is 2. The molecule has 1 aromatic heterocycles. The Morgan fingerprint density at radius 3 is 2.48 bits per heavy atom. The lowest BCUT2D eigenvalue weighted by molar-refractivity contribution is -0.126. The van der Waals surface area contributed by atoms with Crippen LogP contribution in [0.25, 0.3) is 10.8 Å². The molecule has 2 amide bonds. The highest BCUT2D eigenvalue weighted by Crippen LogP contribution is 2.25. The smallest absolute Gasteiger partial charge is 0.255 e. The van der Waals surface area contributed by atoms with E-state index in [4.69, 9.17) is 0 Å². The number of aldehydes is 1. The predicted molar refractivity (Wildman–Crippen MR) is 117 cm³/mol. The van der Waals surface area contributed by atoms with Crippen LogP contribution >= 0.6 is 0 Å². The van der Waals surface area contributed by atoms with Crippen LogP contribution in [-0.4, -0.2) is 45.3 Å². The first-order chi connectivity index (χ1) is 14.9. The molecule has 162 valence electrons. The first-order valence-electron chi connectivity index (χ1n) is 10.1. The van der Waals surface area contributed by atoms with E-state index >= 15 is 0 Å². The van der Waals surface area contributed by atoms with Crippen molar-refractivity contribution in [2.45, 2.75) is 38.8 Å². The Labute approximate surface area is 180 Å². The minimum atomic E-state index is -0.859. The molecule has 2 aromatic carbocycles. The third kappa shape index (κ3) is 5.69. The average Bonchev–Trinajstić information content (AvgIpc) is 3.24. The highest BCUT2D eigenvalue weighted by Gasteiger charge is 2.26. The van der Waals surface area contributed by atoms with Crippen molar-refractivity contribution in [1.29, 1.82) is 0 Å². The average molecular weight is 422 g/mol. The number of nitrogens with one attached hydrogen (secondary N) is 3. The van der Waals surface area contributed by atoms with Gasteiger partial charge in [0, 0.05) is 18.3 Å². The maximum Gasteiger partial charge on any atom is 0.255 e. The molecule has 0 unspecified atom stereocenters. The maximum atomic E-state index is 12.9. The molecule has 0 spiro atoms. The van der Waals surface area contributed by atoms with Crippen LogP contribution in [0.4, 0.5) is 0 Å². The number of fused-ring (bicyclic) bond motifs is 1. The topological polar surface area (TPSA) is 124 Å². The van der Waals surface area contributed by atoms with Crippen LogP contribution in [0.5, 0.6) is 5.75 Å². The Hall–Kier alpha value is -3.68. The number of carbonyl (C=O) groups is 3. The molecule has 3 aromatic rings. The van der Waals surface area contributed by atoms with Crippen molar-refractivity contribution in [2.24, 2.45) is 5.92 Å². The fraction of sp³-hybridized carbons (Fsp3) is 0.304. The number of aromatic nitrogens is 2. The second-order valence-corrected chi connectivity index (χ2v) is 7.90. The standard InChI is InChI=1S/C23H26N4O4/c1-14(2)7-20(23(31)26-18(12-28)10-17-11-24-13-25-17)27-22(30)19-8-15-5-3-4-6-16(15)9-21(19)29/h3-6,8-9,11-14,18,20,29H,7,10H2,1-2H3,(H,24,25)(H,26,31)(H,27,30)/t18-,20-/m0/s1. The number of phenolic OH excluding ortho intramolecular Hbond substituents is 1. The molecule has 0 aliphatic heterocycles. The van der Waals surface area contributed by atoms with E-state index in [1.807, 2.05) is 38.1 Å². The van der Waals surface area contributed by atoms with Crippen molar-refractivity contribution in [2.75, 3.05) is 0 Å². The van der Waals surface area contributed by atoms with Gasteiger partial charge in [-0.2, -0.15) is 0 Å². The van der Waals surface area contributed by atoms with Gasteiger partial charge in [-0.3, -0.25) is 9.59 Å². The molecular weight excluding hydrogens is 396 g/mol. The van der Waals surface area contributed by atoms with Crippen molar-refractivity contribution >= 4 is 28.9 Å². The van der Waals surface area contributed by atoms with Gasteiger partial charge in [0.2, 0.25) is 5.91 Å². The molecule has 0 aliphatic carbocycles. The summed E-state index contributed by atoms with van der Waals surface area (Å²) in [6, 6.07) is 8.87. The third-order valence-electron chi connectivity index (χ3n) is 4.92. The van der Waals surface area contributed by atoms with E-state index in [-0.39, 0.29) is 23.7 Å². The number of hydrogen-bond acceptors (Lipinski definition) is 5. The molecule has 4 N–H and O–H groups in total. The zero-order valence-electron chi connectivity index (χ0n) is 17.5. The Bertz CT molecular complexity index is 1060. The molecule has 0 fully saturated rings. The summed E-state index contributed by atoms with van der Waals surface area (Å²) in [5, 5.41) is 17.3. The van der Waals surface area contributed by atoms with Gasteiger partial charge in [-0.1, -0.05) is 38.1 Å². The van der Waals surface area contributed by atoms with E-state index in [0.717, 1.165) is 10.8 Å². The largest absolute Gasteiger partial charge is 0.507 e. The summed E-state index contributed by atoms with van der Waals surface area (Å²) in [4.78, 5) is 44.0. The first-order valence-corrected chi connectivity index (χ1v) is 10.1. The Morgan fingerprint density at radius 2 is 1.87 bits per heavy atom. The van der Waals surface area contributed by atoms with Crippen LogP contribution in [0.2, 0.25) is 0 Å². The summed E-state index contributed by atoms with van der Waals surface area (Å²) in [5.41, 5.74) is 0.799. The molecule has 8 nitrogen and oxygen atoms in total. The number of benzene rings is 2. The lowest BCUT2D eigenvalue weighted by atomic mass is 10.0. The van der Waals surface area contributed by atoms with Gasteiger partial charge in [0.05, 0.1) is 17.9 Å². The quantitative estimate of drug-likeness (QED) is 0.394. The Kier molecular flexibility index (Phi) is 7.02. The monoisotopic (exact) mass is 422 g/mol. The lowest BCUT2D eigenvalue weighted by Crippen LogP contribution is -2.51. The molecular formula is C23H26N4O4. The van der Waals surface area contributed by atoms with Crippen molar-refractivity contribution in [1.82, 2.24) is 20.6 Å². The zero-order valence-corrected chi connectivity index (χ0v) is 17.5. The number of aromatic hydroxyl groups is 1. The van der Waals surface area contributed by atoms with Gasteiger partial charge in [0.15, 0.2) is 0 Å². The number of aromatic amines is 1. The van der Waals surface area contributed by atoms with Crippen LogP contribution in [-0.2, 0) is 16.0 Å². The van der Waals surface area contributed by atoms with Gasteiger partial charge in [-0.15, -0.1) is 0 Å². The lowest BCUT2D eigenvalue weighted by Gasteiger charge is -2.22. The van der Waals surface area contributed by atoms with Gasteiger partial charge in [-0.05, 0) is 35.2 Å². The number of nitrogens with zero attached hydrogens (tertiary/aromatic N) is 1. The first kappa shape index (κ1) is 22.0. The minimum absolute atomic E-state index is 0.0876. The minimum Gasteiger partial charge on any atom is -0.507 e. The van der Waals surface area contributed by atoms with E-state index < -0.39 is 23.9 Å². The van der Waals surface area contributed by atoms with Crippen LogP contribution in [0.1, 0.15) is 36.3 Å². The second kappa shape index (κ2) is 9.88. The summed E-state index contributed by atoms with van der Waals surface area (Å²) in [6.45, 7) is 3.86. The normalized spacial score (nSPS) is 13.0. The third-order valence-corrected chi connectivity index (χ3v) is 4.92. The fourth-order valence-corrected chi connectivity index (χ4v) is 3.40. The van der Waals surface area contributed by atoms with Crippen molar-refractivity contribution in [3.8, 4) is 5.75 Å². The highest BCUT2D eigenvalue weighted by atomic mass is 16.3. The van der Waals surface area contributed by atoms with E-state index in [9.17, 15) is 19.5 Å². The summed E-state index contributed by atoms with van der Waals surface area (Å²) >= 11 is 0. The Balaban J connectivity index is 1.75. The van der Waals surface area contributed by atoms with Gasteiger partial charge in [-0.25, -0.2) is 4.98 Å².